The van der Waals surface area contributed by atoms with Crippen LogP contribution in [-0.2, 0) is 28.8 Å². The molecule has 184 valence electrons. The molecule has 0 aliphatic heterocycles. The van der Waals surface area contributed by atoms with E-state index in [0.29, 0.717) is 33.4 Å². The molecule has 2 aromatic heterocycles. The van der Waals surface area contributed by atoms with E-state index >= 15 is 0 Å². The number of aryl methyl sites for hydroxylation is 2. The smallest absolute Gasteiger partial charge is 0.341 e. The van der Waals surface area contributed by atoms with Gasteiger partial charge in [0.05, 0.1) is 18.4 Å². The lowest BCUT2D eigenvalue weighted by molar-refractivity contribution is -0.113. The topological polar surface area (TPSA) is 101 Å². The van der Waals surface area contributed by atoms with Crippen LogP contribution in [0.2, 0.25) is 0 Å². The Labute approximate surface area is 212 Å². The van der Waals surface area contributed by atoms with Crippen LogP contribution >= 0.6 is 23.1 Å². The lowest BCUT2D eigenvalue weighted by atomic mass is 9.96. The predicted molar refractivity (Wildman–Crippen MR) is 140 cm³/mol. The number of aromatic amines is 1. The fourth-order valence-corrected chi connectivity index (χ4v) is 6.28. The molecule has 1 aromatic carbocycles. The van der Waals surface area contributed by atoms with E-state index in [1.165, 1.54) is 24.9 Å². The minimum Gasteiger partial charge on any atom is -0.465 e. The molecule has 3 aromatic rings. The molecule has 0 atom stereocenters. The average Bonchev–Trinajstić information content (AvgIpc) is 3.15. The van der Waals surface area contributed by atoms with Gasteiger partial charge < -0.3 is 15.0 Å². The first-order valence-electron chi connectivity index (χ1n) is 11.8. The zero-order valence-electron chi connectivity index (χ0n) is 19.9. The summed E-state index contributed by atoms with van der Waals surface area (Å²) in [6, 6.07) is 9.76. The lowest BCUT2D eigenvalue weighted by Gasteiger charge is -2.11. The summed E-state index contributed by atoms with van der Waals surface area (Å²) >= 11 is 2.63. The van der Waals surface area contributed by atoms with Crippen molar-refractivity contribution in [3.63, 3.8) is 0 Å². The van der Waals surface area contributed by atoms with Gasteiger partial charge in [0.1, 0.15) is 5.00 Å². The lowest BCUT2D eigenvalue weighted by Crippen LogP contribution is -2.19. The minimum atomic E-state index is -0.415. The highest BCUT2D eigenvalue weighted by Gasteiger charge is 2.26. The van der Waals surface area contributed by atoms with Crippen LogP contribution in [0.3, 0.4) is 0 Å². The number of aromatic nitrogens is 2. The van der Waals surface area contributed by atoms with Crippen molar-refractivity contribution in [1.82, 2.24) is 9.97 Å². The molecule has 4 rings (SSSR count). The number of hydrogen-bond donors (Lipinski definition) is 2. The van der Waals surface area contributed by atoms with Crippen LogP contribution in [-0.4, -0.2) is 34.7 Å². The number of esters is 1. The van der Waals surface area contributed by atoms with E-state index in [9.17, 15) is 14.4 Å². The van der Waals surface area contributed by atoms with Crippen LogP contribution in [0.1, 0.15) is 63.3 Å². The molecule has 1 amide bonds. The van der Waals surface area contributed by atoms with Crippen LogP contribution < -0.4 is 10.9 Å². The molecule has 2 heterocycles. The van der Waals surface area contributed by atoms with Crippen LogP contribution in [0.25, 0.3) is 0 Å². The number of carbonyl (C=O) groups excluding carboxylic acids is 2. The molecule has 35 heavy (non-hydrogen) atoms. The van der Waals surface area contributed by atoms with E-state index in [1.807, 2.05) is 37.3 Å². The summed E-state index contributed by atoms with van der Waals surface area (Å²) in [6.45, 7) is 1.81. The average molecular weight is 512 g/mol. The molecule has 0 saturated carbocycles. The third-order valence-corrected chi connectivity index (χ3v) is 8.16. The highest BCUT2D eigenvalue weighted by Crippen LogP contribution is 2.37. The van der Waals surface area contributed by atoms with E-state index in [1.54, 1.807) is 0 Å². The standard InChI is InChI=1S/C26H29N3O4S2/c1-16-19(14-17-10-6-5-7-11-17)23(31)29-26(27-16)34-15-21(30)28-24-22(25(32)33-2)18-12-8-3-4-9-13-20(18)35-24/h5-7,10-11H,3-4,8-9,12-15H2,1-2H3,(H,28,30)(H,27,29,31). The number of amides is 1. The van der Waals surface area contributed by atoms with Crippen molar-refractivity contribution >= 4 is 40.0 Å². The van der Waals surface area contributed by atoms with Crippen LogP contribution in [0.15, 0.2) is 40.3 Å². The van der Waals surface area contributed by atoms with Gasteiger partial charge in [-0.1, -0.05) is 54.9 Å². The number of rotatable bonds is 7. The summed E-state index contributed by atoms with van der Waals surface area (Å²) in [6.07, 6.45) is 6.65. The van der Waals surface area contributed by atoms with E-state index in [2.05, 4.69) is 15.3 Å². The first-order chi connectivity index (χ1) is 17.0. The zero-order chi connectivity index (χ0) is 24.8. The van der Waals surface area contributed by atoms with Crippen molar-refractivity contribution in [2.45, 2.75) is 57.0 Å². The third-order valence-electron chi connectivity index (χ3n) is 6.08. The number of carbonyl (C=O) groups is 2. The van der Waals surface area contributed by atoms with Crippen molar-refractivity contribution in [2.75, 3.05) is 18.2 Å². The molecule has 1 aliphatic carbocycles. The van der Waals surface area contributed by atoms with Gasteiger partial charge in [0, 0.05) is 22.6 Å². The Balaban J connectivity index is 1.45. The number of benzene rings is 1. The molecule has 2 N–H and O–H groups in total. The highest BCUT2D eigenvalue weighted by molar-refractivity contribution is 7.99. The predicted octanol–water partition coefficient (Wildman–Crippen LogP) is 4.91. The fourth-order valence-electron chi connectivity index (χ4n) is 4.28. The van der Waals surface area contributed by atoms with E-state index < -0.39 is 5.97 Å². The number of thioether (sulfide) groups is 1. The third kappa shape index (κ3) is 6.21. The molecule has 0 spiro atoms. The van der Waals surface area contributed by atoms with Gasteiger partial charge in [-0.2, -0.15) is 0 Å². The first-order valence-corrected chi connectivity index (χ1v) is 13.6. The number of nitrogens with zero attached hydrogens (tertiary/aromatic N) is 1. The number of H-pyrrole nitrogens is 1. The quantitative estimate of drug-likeness (QED) is 0.266. The molecule has 9 heteroatoms. The SMILES string of the molecule is COC(=O)c1c(NC(=O)CSc2nc(C)c(Cc3ccccc3)c(=O)[nH]2)sc2c1CCCCCC2. The minimum absolute atomic E-state index is 0.0591. The maximum absolute atomic E-state index is 12.8. The maximum atomic E-state index is 12.8. The van der Waals surface area contributed by atoms with Crippen molar-refractivity contribution in [1.29, 1.82) is 0 Å². The van der Waals surface area contributed by atoms with Crippen molar-refractivity contribution in [3.8, 4) is 0 Å². The van der Waals surface area contributed by atoms with E-state index in [-0.39, 0.29) is 17.2 Å². The van der Waals surface area contributed by atoms with Crippen LogP contribution in [0.5, 0.6) is 0 Å². The largest absolute Gasteiger partial charge is 0.465 e. The summed E-state index contributed by atoms with van der Waals surface area (Å²) in [5.74, 6) is -0.617. The maximum Gasteiger partial charge on any atom is 0.341 e. The molecular weight excluding hydrogens is 482 g/mol. The van der Waals surface area contributed by atoms with Gasteiger partial charge in [-0.25, -0.2) is 9.78 Å². The second-order valence-corrected chi connectivity index (χ2v) is 10.6. The second kappa shape index (κ2) is 11.7. The van der Waals surface area contributed by atoms with Crippen molar-refractivity contribution in [2.24, 2.45) is 0 Å². The summed E-state index contributed by atoms with van der Waals surface area (Å²) in [5.41, 5.74) is 3.60. The van der Waals surface area contributed by atoms with Gasteiger partial charge in [0.2, 0.25) is 5.91 Å². The second-order valence-electron chi connectivity index (χ2n) is 8.55. The Kier molecular flexibility index (Phi) is 8.41. The number of ether oxygens (including phenoxy) is 1. The summed E-state index contributed by atoms with van der Waals surface area (Å²) in [7, 11) is 1.36. The molecule has 0 unspecified atom stereocenters. The summed E-state index contributed by atoms with van der Waals surface area (Å²) < 4.78 is 5.03. The molecule has 0 saturated heterocycles. The van der Waals surface area contributed by atoms with Gasteiger partial charge >= 0.3 is 5.97 Å². The van der Waals surface area contributed by atoms with E-state index in [4.69, 9.17) is 4.74 Å². The molecule has 0 bridgehead atoms. The summed E-state index contributed by atoms with van der Waals surface area (Å²) in [4.78, 5) is 46.4. The van der Waals surface area contributed by atoms with E-state index in [0.717, 1.165) is 59.9 Å². The van der Waals surface area contributed by atoms with Crippen LogP contribution in [0, 0.1) is 6.92 Å². The Bertz CT molecular complexity index is 1270. The zero-order valence-corrected chi connectivity index (χ0v) is 21.6. The molecule has 0 fully saturated rings. The molecule has 7 nitrogen and oxygen atoms in total. The number of nitrogens with one attached hydrogen (secondary N) is 2. The number of methoxy groups -OCH3 is 1. The monoisotopic (exact) mass is 511 g/mol. The first kappa shape index (κ1) is 25.2. The van der Waals surface area contributed by atoms with Gasteiger partial charge in [0.25, 0.3) is 5.56 Å². The molecular formula is C26H29N3O4S2. The molecule has 0 radical (unpaired) electrons. The van der Waals surface area contributed by atoms with Gasteiger partial charge in [-0.05, 0) is 43.7 Å². The van der Waals surface area contributed by atoms with Gasteiger partial charge in [0.15, 0.2) is 5.16 Å². The number of anilines is 1. The summed E-state index contributed by atoms with van der Waals surface area (Å²) in [5, 5.41) is 3.85. The number of hydrogen-bond acceptors (Lipinski definition) is 7. The number of fused-ring (bicyclic) bond motifs is 1. The Hall–Kier alpha value is -2.91. The fraction of sp³-hybridized carbons (Fsp3) is 0.385. The van der Waals surface area contributed by atoms with Crippen molar-refractivity contribution < 1.29 is 14.3 Å². The highest BCUT2D eigenvalue weighted by atomic mass is 32.2. The Morgan fingerprint density at radius 3 is 2.60 bits per heavy atom. The number of thiophene rings is 1. The van der Waals surface area contributed by atoms with Gasteiger partial charge in [-0.3, -0.25) is 9.59 Å². The molecule has 1 aliphatic rings. The van der Waals surface area contributed by atoms with Gasteiger partial charge in [-0.15, -0.1) is 11.3 Å². The normalized spacial score (nSPS) is 13.4. The van der Waals surface area contributed by atoms with Crippen molar-refractivity contribution in [3.05, 3.63) is 73.5 Å². The van der Waals surface area contributed by atoms with Crippen LogP contribution in [0.4, 0.5) is 5.00 Å². The Morgan fingerprint density at radius 2 is 1.89 bits per heavy atom. The Morgan fingerprint density at radius 1 is 1.14 bits per heavy atom.